The van der Waals surface area contributed by atoms with Crippen LogP contribution in [0.2, 0.25) is 0 Å². The lowest BCUT2D eigenvalue weighted by Gasteiger charge is -2.19. The number of hydrogen-bond acceptors (Lipinski definition) is 6. The summed E-state index contributed by atoms with van der Waals surface area (Å²) in [7, 11) is 0. The molecule has 0 aliphatic carbocycles. The number of rotatable bonds is 10. The fraction of sp³-hybridized carbons (Fsp3) is 0.174. The summed E-state index contributed by atoms with van der Waals surface area (Å²) in [4.78, 5) is 16.3. The van der Waals surface area contributed by atoms with Gasteiger partial charge in [0.2, 0.25) is 0 Å². The SMILES string of the molecule is CCOc1cc(OCc2ccccn2)cc(C(Nc2ccc(C(=N)N)cc2)C(=O)O)c1. The number of aromatic nitrogens is 1. The molecule has 5 N–H and O–H groups in total. The number of amidine groups is 1. The number of nitrogen functional groups attached to an aromatic ring is 1. The van der Waals surface area contributed by atoms with Crippen molar-refractivity contribution < 1.29 is 19.4 Å². The summed E-state index contributed by atoms with van der Waals surface area (Å²) in [5.41, 5.74) is 7.84. The van der Waals surface area contributed by atoms with Crippen molar-refractivity contribution in [3.8, 4) is 11.5 Å². The quantitative estimate of drug-likeness (QED) is 0.291. The second-order valence-corrected chi connectivity index (χ2v) is 6.69. The zero-order valence-corrected chi connectivity index (χ0v) is 17.0. The lowest BCUT2D eigenvalue weighted by atomic mass is 10.1. The highest BCUT2D eigenvalue weighted by molar-refractivity contribution is 5.95. The molecule has 31 heavy (non-hydrogen) atoms. The molecule has 1 atom stereocenters. The third-order valence-electron chi connectivity index (χ3n) is 4.41. The predicted molar refractivity (Wildman–Crippen MR) is 118 cm³/mol. The number of ether oxygens (including phenoxy) is 2. The Kier molecular flexibility index (Phi) is 7.05. The Morgan fingerprint density at radius 3 is 2.42 bits per heavy atom. The maximum absolute atomic E-state index is 12.0. The molecule has 1 unspecified atom stereocenters. The van der Waals surface area contributed by atoms with Crippen LogP contribution in [-0.4, -0.2) is 28.5 Å². The van der Waals surface area contributed by atoms with E-state index >= 15 is 0 Å². The van der Waals surface area contributed by atoms with E-state index in [9.17, 15) is 9.90 Å². The topological polar surface area (TPSA) is 131 Å². The van der Waals surface area contributed by atoms with E-state index in [0.717, 1.165) is 5.69 Å². The van der Waals surface area contributed by atoms with Crippen LogP contribution in [0.3, 0.4) is 0 Å². The molecular weight excluding hydrogens is 396 g/mol. The van der Waals surface area contributed by atoms with Gasteiger partial charge in [0.25, 0.3) is 0 Å². The summed E-state index contributed by atoms with van der Waals surface area (Å²) >= 11 is 0. The van der Waals surface area contributed by atoms with Crippen LogP contribution in [0.15, 0.2) is 66.9 Å². The second-order valence-electron chi connectivity index (χ2n) is 6.69. The van der Waals surface area contributed by atoms with Gasteiger partial charge in [-0.1, -0.05) is 6.07 Å². The molecule has 1 aromatic heterocycles. The molecule has 8 heteroatoms. The van der Waals surface area contributed by atoms with Crippen molar-refractivity contribution in [1.29, 1.82) is 5.41 Å². The van der Waals surface area contributed by atoms with Crippen LogP contribution < -0.4 is 20.5 Å². The number of benzene rings is 2. The molecule has 0 amide bonds. The molecule has 0 fully saturated rings. The molecular formula is C23H24N4O4. The molecule has 0 aliphatic heterocycles. The van der Waals surface area contributed by atoms with Crippen LogP contribution in [0.5, 0.6) is 11.5 Å². The van der Waals surface area contributed by atoms with Crippen molar-refractivity contribution in [1.82, 2.24) is 4.98 Å². The van der Waals surface area contributed by atoms with Gasteiger partial charge >= 0.3 is 5.97 Å². The van der Waals surface area contributed by atoms with Crippen LogP contribution in [0.4, 0.5) is 5.69 Å². The summed E-state index contributed by atoms with van der Waals surface area (Å²) in [5, 5.41) is 20.3. The number of anilines is 1. The van der Waals surface area contributed by atoms with Gasteiger partial charge in [0.15, 0.2) is 6.04 Å². The molecule has 8 nitrogen and oxygen atoms in total. The minimum atomic E-state index is -1.06. The number of carboxylic acids is 1. The summed E-state index contributed by atoms with van der Waals surface area (Å²) in [6.07, 6.45) is 1.68. The molecule has 0 radical (unpaired) electrons. The highest BCUT2D eigenvalue weighted by atomic mass is 16.5. The van der Waals surface area contributed by atoms with E-state index in [-0.39, 0.29) is 12.4 Å². The van der Waals surface area contributed by atoms with E-state index in [1.165, 1.54) is 0 Å². The van der Waals surface area contributed by atoms with Gasteiger partial charge in [-0.05, 0) is 61.0 Å². The van der Waals surface area contributed by atoms with Crippen LogP contribution in [0, 0.1) is 5.41 Å². The number of aliphatic carboxylic acids is 1. The standard InChI is InChI=1S/C23H24N4O4/c1-2-30-19-11-16(12-20(13-19)31-14-18-5-3-4-10-26-18)21(23(28)29)27-17-8-6-15(7-9-17)22(24)25/h3-13,21,27H,2,14H2,1H3,(H3,24,25)(H,28,29). The highest BCUT2D eigenvalue weighted by Crippen LogP contribution is 2.29. The highest BCUT2D eigenvalue weighted by Gasteiger charge is 2.22. The fourth-order valence-corrected chi connectivity index (χ4v) is 2.93. The van der Waals surface area contributed by atoms with Crippen molar-refractivity contribution in [3.05, 3.63) is 83.7 Å². The number of nitrogens with zero attached hydrogens (tertiary/aromatic N) is 1. The van der Waals surface area contributed by atoms with Crippen LogP contribution in [-0.2, 0) is 11.4 Å². The Bertz CT molecular complexity index is 1040. The maximum Gasteiger partial charge on any atom is 0.330 e. The Morgan fingerprint density at radius 2 is 1.84 bits per heavy atom. The van der Waals surface area contributed by atoms with Gasteiger partial charge in [0.05, 0.1) is 12.3 Å². The molecule has 2 aromatic carbocycles. The van der Waals surface area contributed by atoms with E-state index in [4.69, 9.17) is 20.6 Å². The second kappa shape index (κ2) is 10.1. The van der Waals surface area contributed by atoms with Crippen molar-refractivity contribution in [2.45, 2.75) is 19.6 Å². The molecule has 0 saturated heterocycles. The lowest BCUT2D eigenvalue weighted by Crippen LogP contribution is -2.21. The van der Waals surface area contributed by atoms with Gasteiger partial charge in [-0.3, -0.25) is 10.4 Å². The van der Waals surface area contributed by atoms with E-state index in [1.54, 1.807) is 48.7 Å². The van der Waals surface area contributed by atoms with Crippen LogP contribution in [0.1, 0.15) is 29.8 Å². The lowest BCUT2D eigenvalue weighted by molar-refractivity contribution is -0.138. The molecule has 0 aliphatic rings. The largest absolute Gasteiger partial charge is 0.494 e. The minimum absolute atomic E-state index is 0.0551. The molecule has 0 saturated carbocycles. The first-order chi connectivity index (χ1) is 15.0. The number of nitrogens with two attached hydrogens (primary N) is 1. The first kappa shape index (κ1) is 21.6. The van der Waals surface area contributed by atoms with Crippen molar-refractivity contribution >= 4 is 17.5 Å². The number of pyridine rings is 1. The Morgan fingerprint density at radius 1 is 1.13 bits per heavy atom. The Hall–Kier alpha value is -4.07. The molecule has 3 rings (SSSR count). The molecule has 0 bridgehead atoms. The van der Waals surface area contributed by atoms with Gasteiger partial charge in [0, 0.05) is 23.5 Å². The average molecular weight is 420 g/mol. The van der Waals surface area contributed by atoms with Gasteiger partial charge < -0.3 is 25.6 Å². The number of nitrogens with one attached hydrogen (secondary N) is 2. The molecule has 1 heterocycles. The molecule has 0 spiro atoms. The van der Waals surface area contributed by atoms with Crippen molar-refractivity contribution in [2.24, 2.45) is 5.73 Å². The Balaban J connectivity index is 1.86. The normalized spacial score (nSPS) is 11.4. The maximum atomic E-state index is 12.0. The fourth-order valence-electron chi connectivity index (χ4n) is 2.93. The van der Waals surface area contributed by atoms with E-state index < -0.39 is 12.0 Å². The number of carbonyl (C=O) groups is 1. The van der Waals surface area contributed by atoms with Gasteiger partial charge in [-0.2, -0.15) is 0 Å². The number of carboxylic acid groups (broad SMARTS) is 1. The van der Waals surface area contributed by atoms with Gasteiger partial charge in [-0.15, -0.1) is 0 Å². The van der Waals surface area contributed by atoms with Crippen LogP contribution in [0.25, 0.3) is 0 Å². The third-order valence-corrected chi connectivity index (χ3v) is 4.41. The van der Waals surface area contributed by atoms with Gasteiger partial charge in [-0.25, -0.2) is 4.79 Å². The molecule has 3 aromatic rings. The van der Waals surface area contributed by atoms with Crippen molar-refractivity contribution in [3.63, 3.8) is 0 Å². The minimum Gasteiger partial charge on any atom is -0.494 e. The Labute approximate surface area is 180 Å². The number of hydrogen-bond donors (Lipinski definition) is 4. The van der Waals surface area contributed by atoms with E-state index in [2.05, 4.69) is 10.3 Å². The van der Waals surface area contributed by atoms with E-state index in [0.29, 0.717) is 34.9 Å². The van der Waals surface area contributed by atoms with E-state index in [1.807, 2.05) is 25.1 Å². The first-order valence-electron chi connectivity index (χ1n) is 9.70. The first-order valence-corrected chi connectivity index (χ1v) is 9.70. The summed E-state index contributed by atoms with van der Waals surface area (Å²) in [6.45, 7) is 2.53. The zero-order chi connectivity index (χ0) is 22.2. The monoisotopic (exact) mass is 420 g/mol. The van der Waals surface area contributed by atoms with Gasteiger partial charge in [0.1, 0.15) is 23.9 Å². The van der Waals surface area contributed by atoms with Crippen LogP contribution >= 0.6 is 0 Å². The smallest absolute Gasteiger partial charge is 0.330 e. The van der Waals surface area contributed by atoms with Crippen molar-refractivity contribution in [2.75, 3.05) is 11.9 Å². The zero-order valence-electron chi connectivity index (χ0n) is 17.0. The molecule has 160 valence electrons. The predicted octanol–water partition coefficient (Wildman–Crippen LogP) is 3.58. The summed E-state index contributed by atoms with van der Waals surface area (Å²) in [6, 6.07) is 16.2. The average Bonchev–Trinajstić information content (AvgIpc) is 2.77. The summed E-state index contributed by atoms with van der Waals surface area (Å²) < 4.78 is 11.4. The third kappa shape index (κ3) is 5.96. The summed E-state index contributed by atoms with van der Waals surface area (Å²) in [5.74, 6) is -0.122.